The number of fused-ring (bicyclic) bond motifs is 1. The van der Waals surface area contributed by atoms with Crippen LogP contribution in [0.2, 0.25) is 0 Å². The van der Waals surface area contributed by atoms with E-state index in [9.17, 15) is 4.79 Å². The molecule has 1 amide bonds. The summed E-state index contributed by atoms with van der Waals surface area (Å²) in [5.41, 5.74) is 2.11. The molecule has 0 atom stereocenters. The summed E-state index contributed by atoms with van der Waals surface area (Å²) in [5.74, 6) is 1.05. The number of hydrogen-bond donors (Lipinski definition) is 0. The van der Waals surface area contributed by atoms with Crippen LogP contribution >= 0.6 is 11.3 Å². The molecule has 0 saturated carbocycles. The lowest BCUT2D eigenvalue weighted by molar-refractivity contribution is -0.132. The molecule has 1 aromatic heterocycles. The van der Waals surface area contributed by atoms with Gasteiger partial charge >= 0.3 is 0 Å². The van der Waals surface area contributed by atoms with Crippen LogP contribution in [0.5, 0.6) is 5.75 Å². The normalized spacial score (nSPS) is 15.1. The highest BCUT2D eigenvalue weighted by molar-refractivity contribution is 7.18. The quantitative estimate of drug-likeness (QED) is 0.640. The molecule has 0 radical (unpaired) electrons. The number of carbonyl (C=O) groups is 1. The number of thiazole rings is 1. The van der Waals surface area contributed by atoms with Crippen molar-refractivity contribution >= 4 is 27.5 Å². The second-order valence-corrected chi connectivity index (χ2v) is 8.10. The maximum Gasteiger partial charge on any atom is 0.227 e. The Bertz CT molecular complexity index is 897. The summed E-state index contributed by atoms with van der Waals surface area (Å²) in [6.07, 6.45) is 0.449. The lowest BCUT2D eigenvalue weighted by Gasteiger charge is -2.34. The van der Waals surface area contributed by atoms with E-state index >= 15 is 0 Å². The number of rotatable bonds is 6. The van der Waals surface area contributed by atoms with Gasteiger partial charge in [-0.15, -0.1) is 11.3 Å². The molecule has 1 fully saturated rings. The molecule has 28 heavy (non-hydrogen) atoms. The van der Waals surface area contributed by atoms with Crippen molar-refractivity contribution < 1.29 is 9.53 Å². The number of benzene rings is 2. The number of para-hydroxylation sites is 1. The van der Waals surface area contributed by atoms with E-state index in [-0.39, 0.29) is 5.91 Å². The van der Waals surface area contributed by atoms with Crippen LogP contribution in [-0.4, -0.2) is 53.5 Å². The zero-order valence-electron chi connectivity index (χ0n) is 16.1. The number of amides is 1. The van der Waals surface area contributed by atoms with E-state index in [0.29, 0.717) is 13.0 Å². The fourth-order valence-corrected chi connectivity index (χ4v) is 4.50. The van der Waals surface area contributed by atoms with Crippen LogP contribution in [0.4, 0.5) is 0 Å². The molecule has 2 heterocycles. The van der Waals surface area contributed by atoms with Crippen molar-refractivity contribution in [2.75, 3.05) is 32.8 Å². The average molecular weight is 396 g/mol. The van der Waals surface area contributed by atoms with E-state index in [1.807, 2.05) is 42.2 Å². The Morgan fingerprint density at radius 2 is 1.82 bits per heavy atom. The SMILES string of the molecule is CCOc1ccc(CC(=O)N2CCN(Cc3nc4ccccc4s3)CC2)cc1. The summed E-state index contributed by atoms with van der Waals surface area (Å²) in [4.78, 5) is 21.7. The summed E-state index contributed by atoms with van der Waals surface area (Å²) in [6, 6.07) is 16.1. The first kappa shape index (κ1) is 18.9. The molecule has 5 nitrogen and oxygen atoms in total. The van der Waals surface area contributed by atoms with E-state index in [2.05, 4.69) is 23.1 Å². The molecule has 0 aliphatic carbocycles. The molecule has 1 aliphatic heterocycles. The predicted molar refractivity (Wildman–Crippen MR) is 113 cm³/mol. The summed E-state index contributed by atoms with van der Waals surface area (Å²) in [5, 5.41) is 1.15. The van der Waals surface area contributed by atoms with Crippen LogP contribution in [0.25, 0.3) is 10.2 Å². The zero-order chi connectivity index (χ0) is 19.3. The Morgan fingerprint density at radius 1 is 1.07 bits per heavy atom. The molecular weight excluding hydrogens is 370 g/mol. The fourth-order valence-electron chi connectivity index (χ4n) is 3.49. The van der Waals surface area contributed by atoms with Crippen LogP contribution in [0.3, 0.4) is 0 Å². The first-order valence-electron chi connectivity index (χ1n) is 9.77. The molecule has 3 aromatic rings. The van der Waals surface area contributed by atoms with Crippen LogP contribution in [0.1, 0.15) is 17.5 Å². The summed E-state index contributed by atoms with van der Waals surface area (Å²) in [6.45, 7) is 6.82. The highest BCUT2D eigenvalue weighted by Gasteiger charge is 2.22. The zero-order valence-corrected chi connectivity index (χ0v) is 17.0. The molecule has 1 aliphatic rings. The lowest BCUT2D eigenvalue weighted by atomic mass is 10.1. The highest BCUT2D eigenvalue weighted by atomic mass is 32.1. The van der Waals surface area contributed by atoms with Crippen molar-refractivity contribution in [3.05, 3.63) is 59.1 Å². The van der Waals surface area contributed by atoms with Gasteiger partial charge in [-0.25, -0.2) is 4.98 Å². The Kier molecular flexibility index (Phi) is 5.88. The first-order valence-corrected chi connectivity index (χ1v) is 10.6. The van der Waals surface area contributed by atoms with Crippen molar-refractivity contribution in [3.8, 4) is 5.75 Å². The summed E-state index contributed by atoms with van der Waals surface area (Å²) >= 11 is 1.76. The van der Waals surface area contributed by atoms with E-state index in [1.54, 1.807) is 11.3 Å². The summed E-state index contributed by atoms with van der Waals surface area (Å²) in [7, 11) is 0. The number of carbonyl (C=O) groups excluding carboxylic acids is 1. The molecule has 2 aromatic carbocycles. The van der Waals surface area contributed by atoms with Gasteiger partial charge in [-0.2, -0.15) is 0 Å². The maximum atomic E-state index is 12.6. The topological polar surface area (TPSA) is 45.7 Å². The average Bonchev–Trinajstić information content (AvgIpc) is 3.12. The van der Waals surface area contributed by atoms with Gasteiger partial charge in [0.1, 0.15) is 10.8 Å². The largest absolute Gasteiger partial charge is 0.494 e. The molecular formula is C22H25N3O2S. The van der Waals surface area contributed by atoms with Crippen molar-refractivity contribution in [2.45, 2.75) is 19.9 Å². The van der Waals surface area contributed by atoms with Gasteiger partial charge in [0, 0.05) is 26.2 Å². The molecule has 1 saturated heterocycles. The van der Waals surface area contributed by atoms with Crippen LogP contribution in [0.15, 0.2) is 48.5 Å². The van der Waals surface area contributed by atoms with E-state index in [4.69, 9.17) is 9.72 Å². The molecule has 0 unspecified atom stereocenters. The number of hydrogen-bond acceptors (Lipinski definition) is 5. The third-order valence-corrected chi connectivity index (χ3v) is 6.03. The van der Waals surface area contributed by atoms with Gasteiger partial charge in [0.15, 0.2) is 0 Å². The monoisotopic (exact) mass is 395 g/mol. The van der Waals surface area contributed by atoms with Crippen molar-refractivity contribution in [2.24, 2.45) is 0 Å². The lowest BCUT2D eigenvalue weighted by Crippen LogP contribution is -2.48. The molecule has 0 spiro atoms. The van der Waals surface area contributed by atoms with Crippen molar-refractivity contribution in [1.82, 2.24) is 14.8 Å². The van der Waals surface area contributed by atoms with Gasteiger partial charge in [-0.1, -0.05) is 24.3 Å². The fraction of sp³-hybridized carbons (Fsp3) is 0.364. The van der Waals surface area contributed by atoms with Gasteiger partial charge in [0.2, 0.25) is 5.91 Å². The minimum atomic E-state index is 0.198. The van der Waals surface area contributed by atoms with Crippen molar-refractivity contribution in [3.63, 3.8) is 0 Å². The first-order chi connectivity index (χ1) is 13.7. The highest BCUT2D eigenvalue weighted by Crippen LogP contribution is 2.23. The van der Waals surface area contributed by atoms with Crippen LogP contribution in [0, 0.1) is 0 Å². The molecule has 146 valence electrons. The molecule has 6 heteroatoms. The second-order valence-electron chi connectivity index (χ2n) is 6.99. The summed E-state index contributed by atoms with van der Waals surface area (Å²) < 4.78 is 6.69. The molecule has 4 rings (SSSR count). The maximum absolute atomic E-state index is 12.6. The van der Waals surface area contributed by atoms with E-state index < -0.39 is 0 Å². The smallest absolute Gasteiger partial charge is 0.227 e. The van der Waals surface area contributed by atoms with Crippen LogP contribution in [-0.2, 0) is 17.8 Å². The molecule has 0 bridgehead atoms. The second kappa shape index (κ2) is 8.71. The molecule has 0 N–H and O–H groups in total. The third kappa shape index (κ3) is 4.51. The minimum Gasteiger partial charge on any atom is -0.494 e. The third-order valence-electron chi connectivity index (χ3n) is 5.01. The van der Waals surface area contributed by atoms with E-state index in [1.165, 1.54) is 4.70 Å². The van der Waals surface area contributed by atoms with Crippen LogP contribution < -0.4 is 4.74 Å². The van der Waals surface area contributed by atoms with Gasteiger partial charge in [-0.3, -0.25) is 9.69 Å². The van der Waals surface area contributed by atoms with Gasteiger partial charge < -0.3 is 9.64 Å². The van der Waals surface area contributed by atoms with Gasteiger partial charge in [0.05, 0.1) is 29.8 Å². The number of aromatic nitrogens is 1. The Morgan fingerprint density at radius 3 is 2.54 bits per heavy atom. The Balaban J connectivity index is 1.27. The van der Waals surface area contributed by atoms with Gasteiger partial charge in [-0.05, 0) is 36.8 Å². The van der Waals surface area contributed by atoms with Gasteiger partial charge in [0.25, 0.3) is 0 Å². The number of ether oxygens (including phenoxy) is 1. The predicted octanol–water partition coefficient (Wildman–Crippen LogP) is 3.58. The minimum absolute atomic E-state index is 0.198. The number of piperazine rings is 1. The Labute approximate surface area is 169 Å². The Hall–Kier alpha value is -2.44. The van der Waals surface area contributed by atoms with Crippen molar-refractivity contribution in [1.29, 1.82) is 0 Å². The number of nitrogens with zero attached hydrogens (tertiary/aromatic N) is 3. The van der Waals surface area contributed by atoms with E-state index in [0.717, 1.165) is 54.6 Å². The standard InChI is InChI=1S/C22H25N3O2S/c1-2-27-18-9-7-17(8-10-18)15-22(26)25-13-11-24(12-14-25)16-21-23-19-5-3-4-6-20(19)28-21/h3-10H,2,11-16H2,1H3.